The number of carbonyl (C=O) groups excluding carboxylic acids is 1. The second-order valence-corrected chi connectivity index (χ2v) is 7.58. The highest BCUT2D eigenvalue weighted by molar-refractivity contribution is 5.92. The monoisotopic (exact) mass is 428 g/mol. The number of nitrogens with zero attached hydrogens (tertiary/aromatic N) is 3. The summed E-state index contributed by atoms with van der Waals surface area (Å²) in [5.74, 6) is -1.58. The Morgan fingerprint density at radius 1 is 1.35 bits per heavy atom. The minimum Gasteiger partial charge on any atom is -0.380 e. The third-order valence-corrected chi connectivity index (χ3v) is 5.37. The number of hydrogen-bond acceptors (Lipinski definition) is 6. The number of benzene rings is 1. The van der Waals surface area contributed by atoms with Gasteiger partial charge in [0.2, 0.25) is 0 Å². The number of rotatable bonds is 5. The molecule has 1 atom stereocenters. The van der Waals surface area contributed by atoms with Gasteiger partial charge in [0.15, 0.2) is 11.6 Å². The number of nitrogens with one attached hydrogen (secondary N) is 3. The van der Waals surface area contributed by atoms with E-state index in [0.29, 0.717) is 18.8 Å². The van der Waals surface area contributed by atoms with E-state index in [4.69, 9.17) is 0 Å². The molecule has 1 aliphatic heterocycles. The molecular formula is C21H22F2N6O2. The highest BCUT2D eigenvalue weighted by Gasteiger charge is 2.25. The normalized spacial score (nSPS) is 16.6. The predicted molar refractivity (Wildman–Crippen MR) is 112 cm³/mol. The van der Waals surface area contributed by atoms with Crippen LogP contribution in [0.25, 0.3) is 11.0 Å². The fraction of sp³-hybridized carbons (Fsp3) is 0.333. The van der Waals surface area contributed by atoms with E-state index >= 15 is 0 Å². The van der Waals surface area contributed by atoms with Gasteiger partial charge >= 0.3 is 0 Å². The van der Waals surface area contributed by atoms with Gasteiger partial charge in [-0.2, -0.15) is 0 Å². The molecule has 1 amide bonds. The lowest BCUT2D eigenvalue weighted by Gasteiger charge is -2.18. The number of pyridine rings is 1. The predicted octanol–water partition coefficient (Wildman–Crippen LogP) is 1.95. The molecule has 31 heavy (non-hydrogen) atoms. The van der Waals surface area contributed by atoms with E-state index in [-0.39, 0.29) is 40.8 Å². The van der Waals surface area contributed by atoms with E-state index < -0.39 is 17.2 Å². The van der Waals surface area contributed by atoms with Crippen molar-refractivity contribution >= 4 is 22.6 Å². The zero-order valence-electron chi connectivity index (χ0n) is 17.1. The first-order chi connectivity index (χ1) is 14.9. The number of aromatic amines is 1. The second kappa shape index (κ2) is 8.38. The van der Waals surface area contributed by atoms with Gasteiger partial charge < -0.3 is 15.6 Å². The van der Waals surface area contributed by atoms with Crippen LogP contribution in [0.5, 0.6) is 0 Å². The molecule has 3 aromatic rings. The molecule has 162 valence electrons. The Kier molecular flexibility index (Phi) is 5.64. The molecule has 1 saturated heterocycles. The molecule has 0 radical (unpaired) electrons. The third-order valence-electron chi connectivity index (χ3n) is 5.37. The van der Waals surface area contributed by atoms with E-state index in [1.54, 1.807) is 25.4 Å². The number of halogens is 2. The number of hydrogen-bond donors (Lipinski definition) is 3. The van der Waals surface area contributed by atoms with Crippen molar-refractivity contribution in [3.63, 3.8) is 0 Å². The number of amides is 1. The lowest BCUT2D eigenvalue weighted by molar-refractivity contribution is 0.0958. The number of carbonyl (C=O) groups is 1. The van der Waals surface area contributed by atoms with Crippen LogP contribution in [0.15, 0.2) is 29.2 Å². The van der Waals surface area contributed by atoms with E-state index in [1.165, 1.54) is 6.92 Å². The standard InChI is InChI=1S/C21H22F2N6O2/c1-11-20(30)28-19-17(23)12(7-15(22)18(19)26-11)9-29-6-5-14(10-29)27-13-3-4-16(25-8-13)21(31)24-2/h3-4,7-8,14,27H,5-6,9-10H2,1-2H3,(H,24,31)(H,28,30). The van der Waals surface area contributed by atoms with Gasteiger partial charge in [-0.15, -0.1) is 0 Å². The van der Waals surface area contributed by atoms with Crippen molar-refractivity contribution in [3.8, 4) is 0 Å². The molecule has 0 bridgehead atoms. The molecule has 1 aromatic carbocycles. The topological polar surface area (TPSA) is 103 Å². The van der Waals surface area contributed by atoms with Crippen molar-refractivity contribution in [2.75, 3.05) is 25.5 Å². The largest absolute Gasteiger partial charge is 0.380 e. The van der Waals surface area contributed by atoms with E-state index in [9.17, 15) is 18.4 Å². The fourth-order valence-corrected chi connectivity index (χ4v) is 3.74. The van der Waals surface area contributed by atoms with Crippen LogP contribution >= 0.6 is 0 Å². The number of aromatic nitrogens is 3. The number of aryl methyl sites for hydroxylation is 1. The van der Waals surface area contributed by atoms with Crippen LogP contribution in [0.4, 0.5) is 14.5 Å². The highest BCUT2D eigenvalue weighted by Crippen LogP contribution is 2.24. The molecule has 0 saturated carbocycles. The Balaban J connectivity index is 1.45. The van der Waals surface area contributed by atoms with Gasteiger partial charge in [0.1, 0.15) is 22.4 Å². The summed E-state index contributed by atoms with van der Waals surface area (Å²) in [4.78, 5) is 35.8. The zero-order valence-corrected chi connectivity index (χ0v) is 17.1. The maximum atomic E-state index is 14.9. The second-order valence-electron chi connectivity index (χ2n) is 7.58. The number of fused-ring (bicyclic) bond motifs is 1. The quantitative estimate of drug-likeness (QED) is 0.574. The van der Waals surface area contributed by atoms with Crippen molar-refractivity contribution in [1.82, 2.24) is 25.2 Å². The summed E-state index contributed by atoms with van der Waals surface area (Å²) in [7, 11) is 1.54. The Morgan fingerprint density at radius 3 is 2.87 bits per heavy atom. The summed E-state index contributed by atoms with van der Waals surface area (Å²) in [6, 6.07) is 4.66. The van der Waals surface area contributed by atoms with Crippen LogP contribution in [-0.4, -0.2) is 51.9 Å². The Hall–Kier alpha value is -3.40. The molecule has 1 fully saturated rings. The molecule has 1 unspecified atom stereocenters. The molecule has 0 spiro atoms. The maximum absolute atomic E-state index is 14.9. The molecule has 4 rings (SSSR count). The molecule has 0 aliphatic carbocycles. The number of likely N-dealkylation sites (tertiary alicyclic amines) is 1. The van der Waals surface area contributed by atoms with Crippen molar-refractivity contribution < 1.29 is 13.6 Å². The minimum absolute atomic E-state index is 0.0878. The van der Waals surface area contributed by atoms with Crippen molar-refractivity contribution in [2.24, 2.45) is 0 Å². The van der Waals surface area contributed by atoms with Crippen molar-refractivity contribution in [1.29, 1.82) is 0 Å². The first-order valence-corrected chi connectivity index (χ1v) is 9.90. The van der Waals surface area contributed by atoms with Crippen molar-refractivity contribution in [3.05, 3.63) is 63.3 Å². The Bertz CT molecular complexity index is 1200. The molecule has 1 aliphatic rings. The van der Waals surface area contributed by atoms with Crippen LogP contribution in [0.2, 0.25) is 0 Å². The molecule has 2 aromatic heterocycles. The van der Waals surface area contributed by atoms with E-state index in [1.807, 2.05) is 4.90 Å². The van der Waals surface area contributed by atoms with Crippen molar-refractivity contribution in [2.45, 2.75) is 25.9 Å². The van der Waals surface area contributed by atoms with E-state index in [2.05, 4.69) is 25.6 Å². The summed E-state index contributed by atoms with van der Waals surface area (Å²) in [6.07, 6.45) is 2.41. The third kappa shape index (κ3) is 4.24. The average molecular weight is 428 g/mol. The van der Waals surface area contributed by atoms with Gasteiger partial charge in [0, 0.05) is 38.3 Å². The smallest absolute Gasteiger partial charge is 0.269 e. The average Bonchev–Trinajstić information content (AvgIpc) is 3.20. The van der Waals surface area contributed by atoms with Gasteiger partial charge in [0.25, 0.3) is 11.5 Å². The van der Waals surface area contributed by atoms with E-state index in [0.717, 1.165) is 18.2 Å². The van der Waals surface area contributed by atoms with Gasteiger partial charge in [-0.3, -0.25) is 14.5 Å². The minimum atomic E-state index is -0.665. The Morgan fingerprint density at radius 2 is 2.16 bits per heavy atom. The molecule has 10 heteroatoms. The van der Waals surface area contributed by atoms with Crippen LogP contribution in [-0.2, 0) is 6.54 Å². The lowest BCUT2D eigenvalue weighted by atomic mass is 10.1. The van der Waals surface area contributed by atoms with Crippen LogP contribution in [0.1, 0.15) is 28.2 Å². The van der Waals surface area contributed by atoms with Crippen LogP contribution < -0.4 is 16.2 Å². The molecular weight excluding hydrogens is 406 g/mol. The summed E-state index contributed by atoms with van der Waals surface area (Å²) in [5.41, 5.74) is 0.450. The van der Waals surface area contributed by atoms with Gasteiger partial charge in [0.05, 0.1) is 11.9 Å². The lowest BCUT2D eigenvalue weighted by Crippen LogP contribution is -2.26. The SMILES string of the molecule is CNC(=O)c1ccc(NC2CCN(Cc3cc(F)c4nc(C)c(=O)[nH]c4c3F)C2)cn1. The highest BCUT2D eigenvalue weighted by atomic mass is 19.1. The fourth-order valence-electron chi connectivity index (χ4n) is 3.74. The molecule has 3 heterocycles. The maximum Gasteiger partial charge on any atom is 0.269 e. The summed E-state index contributed by atoms with van der Waals surface area (Å²) < 4.78 is 29.4. The first kappa shape index (κ1) is 20.9. The summed E-state index contributed by atoms with van der Waals surface area (Å²) >= 11 is 0. The van der Waals surface area contributed by atoms with Gasteiger partial charge in [-0.1, -0.05) is 0 Å². The molecule has 3 N–H and O–H groups in total. The summed E-state index contributed by atoms with van der Waals surface area (Å²) in [6.45, 7) is 2.98. The van der Waals surface area contributed by atoms with Crippen LogP contribution in [0, 0.1) is 18.6 Å². The zero-order chi connectivity index (χ0) is 22.1. The number of anilines is 1. The molecule has 8 nitrogen and oxygen atoms in total. The number of H-pyrrole nitrogens is 1. The first-order valence-electron chi connectivity index (χ1n) is 9.90. The van der Waals surface area contributed by atoms with Crippen LogP contribution in [0.3, 0.4) is 0 Å². The van der Waals surface area contributed by atoms with Gasteiger partial charge in [-0.25, -0.2) is 18.7 Å². The Labute approximate surface area is 176 Å². The van der Waals surface area contributed by atoms with Gasteiger partial charge in [-0.05, 0) is 31.5 Å². The summed E-state index contributed by atoms with van der Waals surface area (Å²) in [5, 5.41) is 5.87.